The van der Waals surface area contributed by atoms with Gasteiger partial charge in [0.05, 0.1) is 24.0 Å². The molecule has 35 heavy (non-hydrogen) atoms. The maximum Gasteiger partial charge on any atom is 0.355 e. The molecule has 10 heteroatoms. The molecule has 0 spiro atoms. The van der Waals surface area contributed by atoms with Gasteiger partial charge in [0.25, 0.3) is 0 Å². The molecule has 1 heterocycles. The van der Waals surface area contributed by atoms with Crippen LogP contribution in [0.5, 0.6) is 11.5 Å². The lowest BCUT2D eigenvalue weighted by Crippen LogP contribution is -2.32. The first-order valence-corrected chi connectivity index (χ1v) is 11.4. The van der Waals surface area contributed by atoms with E-state index in [0.717, 1.165) is 10.1 Å². The van der Waals surface area contributed by atoms with E-state index in [1.165, 1.54) is 24.7 Å². The summed E-state index contributed by atoms with van der Waals surface area (Å²) in [7, 11) is 1.46. The molecule has 0 aliphatic heterocycles. The van der Waals surface area contributed by atoms with Gasteiger partial charge in [0.1, 0.15) is 16.4 Å². The number of fused-ring (bicyclic) bond motifs is 1. The van der Waals surface area contributed by atoms with E-state index in [-0.39, 0.29) is 0 Å². The van der Waals surface area contributed by atoms with E-state index in [2.05, 4.69) is 15.8 Å². The van der Waals surface area contributed by atoms with E-state index in [0.29, 0.717) is 32.6 Å². The zero-order valence-corrected chi connectivity index (χ0v) is 19.9. The summed E-state index contributed by atoms with van der Waals surface area (Å²) in [5.74, 6) is -1.65. The molecule has 0 aliphatic carbocycles. The second-order valence-corrected chi connectivity index (χ2v) is 8.48. The number of nitrogens with one attached hydrogen (secondary N) is 2. The molecule has 4 aromatic rings. The number of rotatable bonds is 6. The van der Waals surface area contributed by atoms with Crippen LogP contribution in [0.3, 0.4) is 0 Å². The smallest absolute Gasteiger partial charge is 0.355 e. The molecule has 0 saturated heterocycles. The number of esters is 1. The van der Waals surface area contributed by atoms with Gasteiger partial charge in [0.2, 0.25) is 0 Å². The van der Waals surface area contributed by atoms with Crippen LogP contribution in [0.15, 0.2) is 77.9 Å². The monoisotopic (exact) mass is 507 g/mol. The molecule has 0 fully saturated rings. The first-order valence-electron chi connectivity index (χ1n) is 10.2. The second-order valence-electron chi connectivity index (χ2n) is 7.05. The maximum atomic E-state index is 12.6. The summed E-state index contributed by atoms with van der Waals surface area (Å²) < 4.78 is 11.5. The summed E-state index contributed by atoms with van der Waals surface area (Å²) in [4.78, 5) is 36.9. The molecule has 176 valence electrons. The lowest BCUT2D eigenvalue weighted by molar-refractivity contribution is -0.136. The Morgan fingerprint density at radius 2 is 1.66 bits per heavy atom. The van der Waals surface area contributed by atoms with Crippen LogP contribution in [0.1, 0.15) is 15.2 Å². The highest BCUT2D eigenvalue weighted by molar-refractivity contribution is 7.21. The van der Waals surface area contributed by atoms with Crippen LogP contribution in [0.2, 0.25) is 5.02 Å². The summed E-state index contributed by atoms with van der Waals surface area (Å²) in [5.41, 5.74) is 3.12. The number of benzene rings is 3. The van der Waals surface area contributed by atoms with E-state index in [9.17, 15) is 14.4 Å². The molecule has 2 N–H and O–H groups in total. The number of carbonyl (C=O) groups excluding carboxylic acids is 3. The van der Waals surface area contributed by atoms with Crippen LogP contribution in [-0.4, -0.2) is 31.1 Å². The Morgan fingerprint density at radius 1 is 0.943 bits per heavy atom. The van der Waals surface area contributed by atoms with Crippen LogP contribution in [-0.2, 0) is 9.59 Å². The molecular weight excluding hydrogens is 490 g/mol. The molecule has 4 rings (SSSR count). The highest BCUT2D eigenvalue weighted by Gasteiger charge is 2.19. The number of anilines is 1. The van der Waals surface area contributed by atoms with E-state index < -0.39 is 17.8 Å². The summed E-state index contributed by atoms with van der Waals surface area (Å²) in [5, 5.41) is 7.40. The molecule has 0 unspecified atom stereocenters. The molecule has 3 aromatic carbocycles. The fourth-order valence-electron chi connectivity index (χ4n) is 3.06. The minimum atomic E-state index is -0.946. The Kier molecular flexibility index (Phi) is 7.39. The van der Waals surface area contributed by atoms with Gasteiger partial charge in [-0.15, -0.1) is 11.3 Å². The van der Waals surface area contributed by atoms with E-state index in [1.54, 1.807) is 48.5 Å². The average Bonchev–Trinajstić information content (AvgIpc) is 3.22. The van der Waals surface area contributed by atoms with Gasteiger partial charge in [-0.3, -0.25) is 9.59 Å². The van der Waals surface area contributed by atoms with Gasteiger partial charge in [-0.25, -0.2) is 10.2 Å². The lowest BCUT2D eigenvalue weighted by atomic mass is 10.2. The Labute approximate surface area is 209 Å². The normalized spacial score (nSPS) is 10.8. The SMILES string of the molecule is COc1ccccc1NC(=O)C(=O)N/N=C\c1ccc(OC(=O)c2sc3ccccc3c2Cl)cc1. The van der Waals surface area contributed by atoms with Crippen molar-refractivity contribution in [1.29, 1.82) is 0 Å². The van der Waals surface area contributed by atoms with Crippen molar-refractivity contribution in [3.63, 3.8) is 0 Å². The van der Waals surface area contributed by atoms with Crippen LogP contribution < -0.4 is 20.2 Å². The number of halogens is 1. The predicted molar refractivity (Wildman–Crippen MR) is 136 cm³/mol. The summed E-state index contributed by atoms with van der Waals surface area (Å²) in [6.07, 6.45) is 1.35. The number of thiophene rings is 1. The fourth-order valence-corrected chi connectivity index (χ4v) is 4.45. The molecule has 0 bridgehead atoms. The highest BCUT2D eigenvalue weighted by atomic mass is 35.5. The number of ether oxygens (including phenoxy) is 2. The van der Waals surface area contributed by atoms with Gasteiger partial charge in [-0.2, -0.15) is 5.10 Å². The van der Waals surface area contributed by atoms with Crippen LogP contribution in [0, 0.1) is 0 Å². The van der Waals surface area contributed by atoms with Crippen LogP contribution in [0.4, 0.5) is 5.69 Å². The van der Waals surface area contributed by atoms with Crippen LogP contribution >= 0.6 is 22.9 Å². The van der Waals surface area contributed by atoms with Crippen LogP contribution in [0.25, 0.3) is 10.1 Å². The second kappa shape index (κ2) is 10.8. The van der Waals surface area contributed by atoms with Crippen molar-refractivity contribution >= 4 is 62.7 Å². The van der Waals surface area contributed by atoms with Crippen molar-refractivity contribution in [2.45, 2.75) is 0 Å². The molecule has 0 aliphatic rings. The fraction of sp³-hybridized carbons (Fsp3) is 0.0400. The lowest BCUT2D eigenvalue weighted by Gasteiger charge is -2.08. The largest absolute Gasteiger partial charge is 0.495 e. The van der Waals surface area contributed by atoms with Crippen molar-refractivity contribution < 1.29 is 23.9 Å². The molecule has 0 radical (unpaired) electrons. The van der Waals surface area contributed by atoms with E-state index in [4.69, 9.17) is 21.1 Å². The van der Waals surface area contributed by atoms with E-state index in [1.807, 2.05) is 24.3 Å². The number of hydrogen-bond acceptors (Lipinski definition) is 7. The van der Waals surface area contributed by atoms with Gasteiger partial charge in [0.15, 0.2) is 0 Å². The first kappa shape index (κ1) is 23.9. The van der Waals surface area contributed by atoms with Gasteiger partial charge in [-0.05, 0) is 48.0 Å². The Hall–Kier alpha value is -4.21. The number of carbonyl (C=O) groups is 3. The quantitative estimate of drug-likeness (QED) is 0.127. The molecule has 0 saturated carbocycles. The van der Waals surface area contributed by atoms with Crippen molar-refractivity contribution in [3.05, 3.63) is 88.3 Å². The number of methoxy groups -OCH3 is 1. The predicted octanol–water partition coefficient (Wildman–Crippen LogP) is 4.87. The first-order chi connectivity index (χ1) is 17.0. The Morgan fingerprint density at radius 3 is 2.40 bits per heavy atom. The average molecular weight is 508 g/mol. The molecule has 2 amide bonds. The number of hydrogen-bond donors (Lipinski definition) is 2. The zero-order valence-electron chi connectivity index (χ0n) is 18.3. The molecule has 8 nitrogen and oxygen atoms in total. The maximum absolute atomic E-state index is 12.6. The third-order valence-electron chi connectivity index (χ3n) is 4.75. The van der Waals surface area contributed by atoms with E-state index >= 15 is 0 Å². The summed E-state index contributed by atoms with van der Waals surface area (Å²) >= 11 is 7.60. The minimum Gasteiger partial charge on any atom is -0.495 e. The van der Waals surface area contributed by atoms with Crippen molar-refractivity contribution in [1.82, 2.24) is 5.43 Å². The topological polar surface area (TPSA) is 106 Å². The van der Waals surface area contributed by atoms with Gasteiger partial charge in [0, 0.05) is 10.1 Å². The number of para-hydroxylation sites is 2. The number of hydrazone groups is 1. The number of amides is 2. The van der Waals surface area contributed by atoms with Crippen molar-refractivity contribution in [2.75, 3.05) is 12.4 Å². The van der Waals surface area contributed by atoms with Gasteiger partial charge < -0.3 is 14.8 Å². The third-order valence-corrected chi connectivity index (χ3v) is 6.41. The van der Waals surface area contributed by atoms with Gasteiger partial charge >= 0.3 is 17.8 Å². The zero-order chi connectivity index (χ0) is 24.8. The molecule has 1 aromatic heterocycles. The number of nitrogens with zero attached hydrogens (tertiary/aromatic N) is 1. The molecular formula is C25H18ClN3O5S. The summed E-state index contributed by atoms with van der Waals surface area (Å²) in [6.45, 7) is 0. The molecule has 0 atom stereocenters. The summed E-state index contributed by atoms with van der Waals surface area (Å²) in [6, 6.07) is 20.6. The third kappa shape index (κ3) is 5.65. The van der Waals surface area contributed by atoms with Gasteiger partial charge in [-0.1, -0.05) is 41.9 Å². The highest BCUT2D eigenvalue weighted by Crippen LogP contribution is 2.35. The Balaban J connectivity index is 1.32. The van der Waals surface area contributed by atoms with Crippen molar-refractivity contribution in [2.24, 2.45) is 5.10 Å². The minimum absolute atomic E-state index is 0.320. The van der Waals surface area contributed by atoms with Crippen molar-refractivity contribution in [3.8, 4) is 11.5 Å². The standard InChI is InChI=1S/C25H18ClN3O5S/c1-33-19-8-4-3-7-18(19)28-23(30)24(31)29-27-14-15-10-12-16(13-11-15)34-25(32)22-21(26)17-6-2-5-9-20(17)35-22/h2-14H,1H3,(H,28,30)(H,29,31)/b27-14-. The Bertz CT molecular complexity index is 1430.